The van der Waals surface area contributed by atoms with Crippen molar-refractivity contribution >= 4 is 0 Å². The van der Waals surface area contributed by atoms with Crippen molar-refractivity contribution in [1.82, 2.24) is 15.1 Å². The smallest absolute Gasteiger partial charge is 0.0628 e. The Morgan fingerprint density at radius 3 is 2.50 bits per heavy atom. The molecule has 2 fully saturated rings. The lowest BCUT2D eigenvalue weighted by atomic mass is 9.91. The molecule has 1 aliphatic carbocycles. The topological polar surface area (TPSA) is 38.7 Å². The largest absolute Gasteiger partial charge is 0.394 e. The maximum absolute atomic E-state index is 10.0. The Hall–Kier alpha value is -0.160. The maximum Gasteiger partial charge on any atom is 0.0628 e. The van der Waals surface area contributed by atoms with E-state index in [1.807, 2.05) is 0 Å². The minimum atomic E-state index is -0.0675. The van der Waals surface area contributed by atoms with Gasteiger partial charge in [0, 0.05) is 31.7 Å². The summed E-state index contributed by atoms with van der Waals surface area (Å²) in [5, 5.41) is 13.7. The molecule has 0 aromatic heterocycles. The highest BCUT2D eigenvalue weighted by atomic mass is 16.3. The fourth-order valence-corrected chi connectivity index (χ4v) is 3.45. The van der Waals surface area contributed by atoms with Crippen LogP contribution in [0, 0.1) is 5.92 Å². The highest BCUT2D eigenvalue weighted by Gasteiger charge is 2.46. The second kappa shape index (κ2) is 6.30. The molecule has 4 heteroatoms. The van der Waals surface area contributed by atoms with Gasteiger partial charge in [0.15, 0.2) is 0 Å². The van der Waals surface area contributed by atoms with Crippen molar-refractivity contribution < 1.29 is 5.11 Å². The van der Waals surface area contributed by atoms with Gasteiger partial charge in [0.1, 0.15) is 0 Å². The molecule has 1 atom stereocenters. The van der Waals surface area contributed by atoms with E-state index in [2.05, 4.69) is 42.9 Å². The van der Waals surface area contributed by atoms with Gasteiger partial charge in [-0.25, -0.2) is 0 Å². The molecule has 0 spiro atoms. The molecular weight excluding hydrogens is 250 g/mol. The van der Waals surface area contributed by atoms with Crippen LogP contribution in [0.1, 0.15) is 40.0 Å². The maximum atomic E-state index is 10.0. The number of aliphatic hydroxyl groups is 1. The summed E-state index contributed by atoms with van der Waals surface area (Å²) >= 11 is 0. The van der Waals surface area contributed by atoms with Crippen molar-refractivity contribution in [2.45, 2.75) is 51.1 Å². The molecule has 1 heterocycles. The van der Waals surface area contributed by atoms with Crippen LogP contribution in [-0.2, 0) is 0 Å². The van der Waals surface area contributed by atoms with Crippen LogP contribution < -0.4 is 5.32 Å². The minimum absolute atomic E-state index is 0.0675. The summed E-state index contributed by atoms with van der Waals surface area (Å²) in [6.07, 6.45) is 3.67. The fraction of sp³-hybridized carbons (Fsp3) is 1.00. The number of hydrogen-bond donors (Lipinski definition) is 2. The Morgan fingerprint density at radius 1 is 1.30 bits per heavy atom. The molecule has 1 saturated heterocycles. The van der Waals surface area contributed by atoms with Gasteiger partial charge >= 0.3 is 0 Å². The monoisotopic (exact) mass is 283 g/mol. The van der Waals surface area contributed by atoms with Crippen LogP contribution in [0.5, 0.6) is 0 Å². The second-order valence-electron chi connectivity index (χ2n) is 7.46. The highest BCUT2D eigenvalue weighted by Crippen LogP contribution is 2.40. The summed E-state index contributed by atoms with van der Waals surface area (Å²) < 4.78 is 0. The van der Waals surface area contributed by atoms with Gasteiger partial charge < -0.3 is 10.4 Å². The van der Waals surface area contributed by atoms with E-state index in [-0.39, 0.29) is 17.7 Å². The van der Waals surface area contributed by atoms with Gasteiger partial charge in [-0.2, -0.15) is 0 Å². The van der Waals surface area contributed by atoms with Gasteiger partial charge in [0.25, 0.3) is 0 Å². The van der Waals surface area contributed by atoms with Gasteiger partial charge in [-0.3, -0.25) is 9.80 Å². The molecule has 0 bridgehead atoms. The summed E-state index contributed by atoms with van der Waals surface area (Å²) in [4.78, 5) is 5.00. The van der Waals surface area contributed by atoms with Crippen molar-refractivity contribution in [3.63, 3.8) is 0 Å². The van der Waals surface area contributed by atoms with E-state index in [4.69, 9.17) is 0 Å². The standard InChI is InChI=1S/C16H33N3O/c1-5-8-17-16(13-20,14-6-7-14)12-19-10-9-18(4)15(2,3)11-19/h14,17,20H,5-13H2,1-4H3. The van der Waals surface area contributed by atoms with Crippen LogP contribution in [0.3, 0.4) is 0 Å². The number of aliphatic hydroxyl groups excluding tert-OH is 1. The van der Waals surface area contributed by atoms with E-state index < -0.39 is 0 Å². The van der Waals surface area contributed by atoms with Crippen molar-refractivity contribution in [2.24, 2.45) is 5.92 Å². The van der Waals surface area contributed by atoms with E-state index in [1.165, 1.54) is 12.8 Å². The van der Waals surface area contributed by atoms with Crippen molar-refractivity contribution in [2.75, 3.05) is 46.4 Å². The van der Waals surface area contributed by atoms with Gasteiger partial charge in [0.05, 0.1) is 12.1 Å². The van der Waals surface area contributed by atoms with Crippen LogP contribution >= 0.6 is 0 Å². The van der Waals surface area contributed by atoms with Crippen LogP contribution in [0.25, 0.3) is 0 Å². The summed E-state index contributed by atoms with van der Waals surface area (Å²) in [5.74, 6) is 0.668. The summed E-state index contributed by atoms with van der Waals surface area (Å²) in [7, 11) is 2.22. The average Bonchev–Trinajstić information content (AvgIpc) is 3.23. The Bertz CT molecular complexity index is 317. The molecule has 118 valence electrons. The first-order valence-corrected chi connectivity index (χ1v) is 8.23. The Kier molecular flexibility index (Phi) is 5.11. The van der Waals surface area contributed by atoms with Crippen LogP contribution in [0.2, 0.25) is 0 Å². The number of rotatable bonds is 7. The van der Waals surface area contributed by atoms with Crippen LogP contribution in [0.15, 0.2) is 0 Å². The summed E-state index contributed by atoms with van der Waals surface area (Å²) in [6.45, 7) is 12.4. The third-order valence-electron chi connectivity index (χ3n) is 5.27. The van der Waals surface area contributed by atoms with Gasteiger partial charge in [0.2, 0.25) is 0 Å². The van der Waals surface area contributed by atoms with Crippen molar-refractivity contribution in [3.8, 4) is 0 Å². The molecule has 0 radical (unpaired) electrons. The quantitative estimate of drug-likeness (QED) is 0.735. The van der Waals surface area contributed by atoms with E-state index >= 15 is 0 Å². The molecule has 2 rings (SSSR count). The number of hydrogen-bond acceptors (Lipinski definition) is 4. The average molecular weight is 283 g/mol. The Balaban J connectivity index is 2.00. The molecule has 20 heavy (non-hydrogen) atoms. The zero-order valence-electron chi connectivity index (χ0n) is 13.8. The lowest BCUT2D eigenvalue weighted by Crippen LogP contribution is -2.64. The van der Waals surface area contributed by atoms with Gasteiger partial charge in [-0.15, -0.1) is 0 Å². The number of nitrogens with one attached hydrogen (secondary N) is 1. The first kappa shape index (κ1) is 16.2. The Labute approximate surface area is 124 Å². The summed E-state index contributed by atoms with van der Waals surface area (Å²) in [5.41, 5.74) is 0.162. The minimum Gasteiger partial charge on any atom is -0.394 e. The highest BCUT2D eigenvalue weighted by molar-refractivity contribution is 5.04. The Morgan fingerprint density at radius 2 is 2.00 bits per heavy atom. The van der Waals surface area contributed by atoms with Crippen LogP contribution in [0.4, 0.5) is 0 Å². The zero-order chi connectivity index (χ0) is 14.8. The third kappa shape index (κ3) is 3.53. The molecule has 0 aromatic rings. The van der Waals surface area contributed by atoms with E-state index in [0.717, 1.165) is 39.1 Å². The van der Waals surface area contributed by atoms with Crippen molar-refractivity contribution in [3.05, 3.63) is 0 Å². The zero-order valence-corrected chi connectivity index (χ0v) is 13.8. The normalized spacial score (nSPS) is 27.4. The fourth-order valence-electron chi connectivity index (χ4n) is 3.45. The number of piperazine rings is 1. The predicted molar refractivity (Wildman–Crippen MR) is 84.0 cm³/mol. The first-order valence-electron chi connectivity index (χ1n) is 8.23. The van der Waals surface area contributed by atoms with Gasteiger partial charge in [-0.1, -0.05) is 6.92 Å². The molecule has 0 aromatic carbocycles. The van der Waals surface area contributed by atoms with Gasteiger partial charge in [-0.05, 0) is 52.6 Å². The second-order valence-corrected chi connectivity index (χ2v) is 7.46. The van der Waals surface area contributed by atoms with E-state index in [1.54, 1.807) is 0 Å². The SMILES string of the molecule is CCCNC(CO)(CN1CCN(C)C(C)(C)C1)C1CC1. The first-order chi connectivity index (χ1) is 9.43. The molecule has 2 N–H and O–H groups in total. The molecule has 0 amide bonds. The molecule has 1 saturated carbocycles. The molecule has 4 nitrogen and oxygen atoms in total. The third-order valence-corrected chi connectivity index (χ3v) is 5.27. The van der Waals surface area contributed by atoms with E-state index in [9.17, 15) is 5.11 Å². The molecule has 2 aliphatic rings. The molecular formula is C16H33N3O. The lowest BCUT2D eigenvalue weighted by molar-refractivity contribution is 0.00902. The summed E-state index contributed by atoms with van der Waals surface area (Å²) in [6, 6.07) is 0. The van der Waals surface area contributed by atoms with Crippen LogP contribution in [-0.4, -0.2) is 72.4 Å². The molecule has 1 unspecified atom stereocenters. The van der Waals surface area contributed by atoms with Crippen molar-refractivity contribution in [1.29, 1.82) is 0 Å². The lowest BCUT2D eigenvalue weighted by Gasteiger charge is -2.48. The number of likely N-dealkylation sites (N-methyl/N-ethyl adjacent to an activating group) is 1. The van der Waals surface area contributed by atoms with E-state index in [0.29, 0.717) is 5.92 Å². The number of nitrogens with zero attached hydrogens (tertiary/aromatic N) is 2. The predicted octanol–water partition coefficient (Wildman–Crippen LogP) is 1.15. The molecule has 1 aliphatic heterocycles.